The molecule has 1 aromatic carbocycles. The van der Waals surface area contributed by atoms with Crippen LogP contribution >= 0.6 is 11.6 Å². The summed E-state index contributed by atoms with van der Waals surface area (Å²) < 4.78 is 11.2. The van der Waals surface area contributed by atoms with E-state index < -0.39 is 11.9 Å². The van der Waals surface area contributed by atoms with E-state index in [0.29, 0.717) is 29.7 Å². The predicted octanol–water partition coefficient (Wildman–Crippen LogP) is 2.50. The average molecular weight is 399 g/mol. The summed E-state index contributed by atoms with van der Waals surface area (Å²) in [6.07, 6.45) is 0.0345. The number of likely N-dealkylation sites (tertiary alicyclic amines) is 1. The zero-order valence-corrected chi connectivity index (χ0v) is 16.8. The SMILES string of the molecule is CCN(CC)CCOc1c(Cl)cc(CN2CC(C(=O)O)CC2=O)cc1OC. The number of nitrogens with zero attached hydrogens (tertiary/aromatic N) is 2. The van der Waals surface area contributed by atoms with Gasteiger partial charge >= 0.3 is 5.97 Å². The van der Waals surface area contributed by atoms with Crippen LogP contribution in [0, 0.1) is 5.92 Å². The lowest BCUT2D eigenvalue weighted by Crippen LogP contribution is -2.28. The molecule has 1 fully saturated rings. The number of rotatable bonds is 10. The first-order valence-corrected chi connectivity index (χ1v) is 9.49. The standard InChI is InChI=1S/C19H27ClN2O5/c1-4-21(5-2)6-7-27-18-15(20)8-13(9-16(18)26-3)11-22-12-14(19(24)25)10-17(22)23/h8-9,14H,4-7,10-12H2,1-3H3,(H,24,25). The molecule has 1 heterocycles. The van der Waals surface area contributed by atoms with E-state index in [0.717, 1.165) is 25.2 Å². The number of carbonyl (C=O) groups is 2. The maximum atomic E-state index is 12.0. The van der Waals surface area contributed by atoms with Gasteiger partial charge in [0.2, 0.25) is 5.91 Å². The fraction of sp³-hybridized carbons (Fsp3) is 0.579. The Morgan fingerprint density at radius 2 is 2.07 bits per heavy atom. The van der Waals surface area contributed by atoms with E-state index in [4.69, 9.17) is 26.2 Å². The van der Waals surface area contributed by atoms with Crippen LogP contribution in [0.25, 0.3) is 0 Å². The molecule has 1 unspecified atom stereocenters. The van der Waals surface area contributed by atoms with Crippen molar-refractivity contribution in [2.24, 2.45) is 5.92 Å². The highest BCUT2D eigenvalue weighted by molar-refractivity contribution is 6.32. The lowest BCUT2D eigenvalue weighted by Gasteiger charge is -2.20. The molecule has 0 radical (unpaired) electrons. The van der Waals surface area contributed by atoms with Gasteiger partial charge in [-0.15, -0.1) is 0 Å². The number of aliphatic carboxylic acids is 1. The van der Waals surface area contributed by atoms with Crippen molar-refractivity contribution < 1.29 is 24.2 Å². The van der Waals surface area contributed by atoms with Gasteiger partial charge < -0.3 is 24.4 Å². The van der Waals surface area contributed by atoms with E-state index in [1.807, 2.05) is 0 Å². The Labute approximate surface area is 164 Å². The van der Waals surface area contributed by atoms with Crippen LogP contribution in [-0.2, 0) is 16.1 Å². The number of methoxy groups -OCH3 is 1. The van der Waals surface area contributed by atoms with E-state index in [-0.39, 0.29) is 18.9 Å². The van der Waals surface area contributed by atoms with Crippen LogP contribution in [0.2, 0.25) is 5.02 Å². The fourth-order valence-corrected chi connectivity index (χ4v) is 3.42. The molecule has 0 spiro atoms. The van der Waals surface area contributed by atoms with Gasteiger partial charge in [0.1, 0.15) is 6.61 Å². The van der Waals surface area contributed by atoms with Gasteiger partial charge in [0, 0.05) is 26.1 Å². The van der Waals surface area contributed by atoms with Gasteiger partial charge in [-0.3, -0.25) is 9.59 Å². The molecular weight excluding hydrogens is 372 g/mol. The third-order valence-corrected chi connectivity index (χ3v) is 5.06. The first-order chi connectivity index (χ1) is 12.9. The van der Waals surface area contributed by atoms with Crippen molar-refractivity contribution in [3.05, 3.63) is 22.7 Å². The second kappa shape index (κ2) is 9.80. The van der Waals surface area contributed by atoms with Gasteiger partial charge in [-0.05, 0) is 30.8 Å². The zero-order chi connectivity index (χ0) is 20.0. The van der Waals surface area contributed by atoms with Gasteiger partial charge in [0.25, 0.3) is 0 Å². The minimum absolute atomic E-state index is 0.0345. The van der Waals surface area contributed by atoms with E-state index >= 15 is 0 Å². The zero-order valence-electron chi connectivity index (χ0n) is 16.0. The summed E-state index contributed by atoms with van der Waals surface area (Å²) in [4.78, 5) is 26.9. The number of hydrogen-bond acceptors (Lipinski definition) is 5. The number of hydrogen-bond donors (Lipinski definition) is 1. The predicted molar refractivity (Wildman–Crippen MR) is 102 cm³/mol. The van der Waals surface area contributed by atoms with Crippen LogP contribution in [0.4, 0.5) is 0 Å². The van der Waals surface area contributed by atoms with Crippen molar-refractivity contribution in [3.63, 3.8) is 0 Å². The van der Waals surface area contributed by atoms with E-state index in [9.17, 15) is 9.59 Å². The fourth-order valence-electron chi connectivity index (χ4n) is 3.13. The lowest BCUT2D eigenvalue weighted by molar-refractivity contribution is -0.141. The molecule has 0 aliphatic carbocycles. The summed E-state index contributed by atoms with van der Waals surface area (Å²) in [6, 6.07) is 3.51. The van der Waals surface area contributed by atoms with Gasteiger partial charge in [0.05, 0.1) is 18.1 Å². The Kier molecular flexibility index (Phi) is 7.74. The van der Waals surface area contributed by atoms with Crippen molar-refractivity contribution >= 4 is 23.5 Å². The molecule has 0 saturated carbocycles. The van der Waals surface area contributed by atoms with Crippen LogP contribution in [-0.4, -0.2) is 66.7 Å². The summed E-state index contributed by atoms with van der Waals surface area (Å²) >= 11 is 6.38. The number of ether oxygens (including phenoxy) is 2. The summed E-state index contributed by atoms with van der Waals surface area (Å²) in [5.41, 5.74) is 0.771. The highest BCUT2D eigenvalue weighted by atomic mass is 35.5. The molecule has 1 N–H and O–H groups in total. The first kappa shape index (κ1) is 21.3. The van der Waals surface area contributed by atoms with Crippen molar-refractivity contribution in [1.29, 1.82) is 0 Å². The van der Waals surface area contributed by atoms with Crippen LogP contribution in [0.5, 0.6) is 11.5 Å². The Hall–Kier alpha value is -1.99. The lowest BCUT2D eigenvalue weighted by atomic mass is 10.1. The molecule has 1 aliphatic rings. The van der Waals surface area contributed by atoms with Crippen LogP contribution in [0.15, 0.2) is 12.1 Å². The van der Waals surface area contributed by atoms with Gasteiger partial charge in [-0.1, -0.05) is 25.4 Å². The topological polar surface area (TPSA) is 79.3 Å². The maximum Gasteiger partial charge on any atom is 0.308 e. The molecule has 8 heteroatoms. The normalized spacial score (nSPS) is 16.9. The molecule has 150 valence electrons. The number of carboxylic acids is 1. The Balaban J connectivity index is 2.06. The Bertz CT molecular complexity index is 678. The monoisotopic (exact) mass is 398 g/mol. The second-order valence-electron chi connectivity index (χ2n) is 6.50. The number of likely N-dealkylation sites (N-methyl/N-ethyl adjacent to an activating group) is 1. The smallest absolute Gasteiger partial charge is 0.308 e. The summed E-state index contributed by atoms with van der Waals surface area (Å²) in [5.74, 6) is -0.794. The quantitative estimate of drug-likeness (QED) is 0.652. The number of carboxylic acid groups (broad SMARTS) is 1. The van der Waals surface area contributed by atoms with Crippen molar-refractivity contribution in [2.75, 3.05) is 39.9 Å². The summed E-state index contributed by atoms with van der Waals surface area (Å²) in [5, 5.41) is 9.50. The molecule has 0 bridgehead atoms. The van der Waals surface area contributed by atoms with E-state index in [2.05, 4.69) is 18.7 Å². The van der Waals surface area contributed by atoms with E-state index in [1.165, 1.54) is 12.0 Å². The molecule has 1 aromatic rings. The van der Waals surface area contributed by atoms with Gasteiger partial charge in [-0.2, -0.15) is 0 Å². The highest BCUT2D eigenvalue weighted by Crippen LogP contribution is 2.37. The minimum atomic E-state index is -0.946. The van der Waals surface area contributed by atoms with Crippen LogP contribution in [0.1, 0.15) is 25.8 Å². The molecule has 0 aromatic heterocycles. The molecule has 1 atom stereocenters. The number of halogens is 1. The van der Waals surface area contributed by atoms with Crippen molar-refractivity contribution in [1.82, 2.24) is 9.80 Å². The minimum Gasteiger partial charge on any atom is -0.493 e. The molecular formula is C19H27ClN2O5. The molecule has 2 rings (SSSR count). The van der Waals surface area contributed by atoms with E-state index in [1.54, 1.807) is 12.1 Å². The van der Waals surface area contributed by atoms with Gasteiger partial charge in [0.15, 0.2) is 11.5 Å². The molecule has 1 aliphatic heterocycles. The first-order valence-electron chi connectivity index (χ1n) is 9.11. The Morgan fingerprint density at radius 3 is 2.63 bits per heavy atom. The number of carbonyl (C=O) groups excluding carboxylic acids is 1. The maximum absolute atomic E-state index is 12.0. The molecule has 1 amide bonds. The van der Waals surface area contributed by atoms with Crippen LogP contribution < -0.4 is 9.47 Å². The highest BCUT2D eigenvalue weighted by Gasteiger charge is 2.34. The number of benzene rings is 1. The summed E-state index contributed by atoms with van der Waals surface area (Å²) in [6.45, 7) is 7.86. The van der Waals surface area contributed by atoms with Crippen LogP contribution in [0.3, 0.4) is 0 Å². The summed E-state index contributed by atoms with van der Waals surface area (Å²) in [7, 11) is 1.54. The third-order valence-electron chi connectivity index (χ3n) is 4.77. The third kappa shape index (κ3) is 5.49. The van der Waals surface area contributed by atoms with Gasteiger partial charge in [-0.25, -0.2) is 0 Å². The Morgan fingerprint density at radius 1 is 1.37 bits per heavy atom. The van der Waals surface area contributed by atoms with Crippen molar-refractivity contribution in [2.45, 2.75) is 26.8 Å². The molecule has 27 heavy (non-hydrogen) atoms. The second-order valence-corrected chi connectivity index (χ2v) is 6.91. The average Bonchev–Trinajstić information content (AvgIpc) is 3.00. The number of amides is 1. The molecule has 7 nitrogen and oxygen atoms in total. The molecule has 1 saturated heterocycles. The largest absolute Gasteiger partial charge is 0.493 e. The van der Waals surface area contributed by atoms with Crippen molar-refractivity contribution in [3.8, 4) is 11.5 Å².